The number of fused-ring (bicyclic) bond motifs is 1. The van der Waals surface area contributed by atoms with Gasteiger partial charge in [0.1, 0.15) is 5.69 Å². The fourth-order valence-electron chi connectivity index (χ4n) is 3.42. The highest BCUT2D eigenvalue weighted by Crippen LogP contribution is 2.24. The summed E-state index contributed by atoms with van der Waals surface area (Å²) in [5, 5.41) is 11.3. The van der Waals surface area contributed by atoms with Gasteiger partial charge in [0, 0.05) is 47.6 Å². The highest BCUT2D eigenvalue weighted by atomic mass is 16.1. The number of amides is 1. The summed E-state index contributed by atoms with van der Waals surface area (Å²) in [7, 11) is 0. The van der Waals surface area contributed by atoms with Crippen LogP contribution in [-0.2, 0) is 6.42 Å². The minimum absolute atomic E-state index is 0.152. The van der Waals surface area contributed by atoms with Gasteiger partial charge in [-0.15, -0.1) is 0 Å². The van der Waals surface area contributed by atoms with Gasteiger partial charge in [0.25, 0.3) is 5.91 Å². The summed E-state index contributed by atoms with van der Waals surface area (Å²) in [6, 6.07) is 14.3. The molecule has 4 aromatic rings. The van der Waals surface area contributed by atoms with Gasteiger partial charge in [-0.3, -0.25) is 14.9 Å². The molecule has 3 heterocycles. The highest BCUT2D eigenvalue weighted by Gasteiger charge is 2.13. The molecule has 6 heteroatoms. The number of nitrogens with zero attached hydrogens (tertiary/aromatic N) is 3. The van der Waals surface area contributed by atoms with Gasteiger partial charge in [0.15, 0.2) is 0 Å². The predicted molar refractivity (Wildman–Crippen MR) is 110 cm³/mol. The summed E-state index contributed by atoms with van der Waals surface area (Å²) in [5.74, 6) is -0.152. The van der Waals surface area contributed by atoms with Crippen LogP contribution in [0.15, 0.2) is 61.1 Å². The summed E-state index contributed by atoms with van der Waals surface area (Å²) in [4.78, 5) is 16.5. The third-order valence-corrected chi connectivity index (χ3v) is 4.86. The molecule has 1 aromatic carbocycles. The van der Waals surface area contributed by atoms with Crippen molar-refractivity contribution in [2.75, 3.05) is 6.54 Å². The number of carbonyl (C=O) groups excluding carboxylic acids is 1. The van der Waals surface area contributed by atoms with E-state index in [0.717, 1.165) is 17.7 Å². The van der Waals surface area contributed by atoms with E-state index in [1.165, 1.54) is 16.5 Å². The second kappa shape index (κ2) is 7.68. The maximum Gasteiger partial charge on any atom is 0.269 e. The Balaban J connectivity index is 1.43. The van der Waals surface area contributed by atoms with Crippen molar-refractivity contribution in [3.8, 4) is 11.3 Å². The maximum atomic E-state index is 12.5. The van der Waals surface area contributed by atoms with Crippen molar-refractivity contribution in [1.29, 1.82) is 0 Å². The zero-order chi connectivity index (χ0) is 19.5. The minimum atomic E-state index is -0.152. The number of nitrogens with one attached hydrogen (secondary N) is 2. The van der Waals surface area contributed by atoms with Gasteiger partial charge in [-0.25, -0.2) is 0 Å². The number of pyridine rings is 1. The SMILES string of the molecule is CC(C)n1cc(CCNC(=O)c2cc(-c3ccncc3)n[nH]2)c2ccccc21. The van der Waals surface area contributed by atoms with Crippen molar-refractivity contribution in [3.05, 3.63) is 72.3 Å². The molecule has 0 fully saturated rings. The summed E-state index contributed by atoms with van der Waals surface area (Å²) in [6.07, 6.45) is 6.38. The molecule has 0 aliphatic heterocycles. The molecule has 0 atom stereocenters. The average Bonchev–Trinajstić information content (AvgIpc) is 3.34. The quantitative estimate of drug-likeness (QED) is 0.537. The number of carbonyl (C=O) groups is 1. The van der Waals surface area contributed by atoms with Crippen LogP contribution in [0.5, 0.6) is 0 Å². The molecule has 0 aliphatic carbocycles. The topological polar surface area (TPSA) is 75.6 Å². The molecule has 142 valence electrons. The lowest BCUT2D eigenvalue weighted by molar-refractivity contribution is 0.0949. The Bertz CT molecular complexity index is 1090. The van der Waals surface area contributed by atoms with Gasteiger partial charge in [0.2, 0.25) is 0 Å². The van der Waals surface area contributed by atoms with Crippen LogP contribution >= 0.6 is 0 Å². The predicted octanol–water partition coefficient (Wildman–Crippen LogP) is 3.98. The first-order valence-electron chi connectivity index (χ1n) is 9.46. The third-order valence-electron chi connectivity index (χ3n) is 4.86. The van der Waals surface area contributed by atoms with Crippen molar-refractivity contribution >= 4 is 16.8 Å². The monoisotopic (exact) mass is 373 g/mol. The molecule has 3 aromatic heterocycles. The van der Waals surface area contributed by atoms with Crippen molar-refractivity contribution in [1.82, 2.24) is 25.1 Å². The Hall–Kier alpha value is -3.41. The number of aromatic nitrogens is 4. The second-order valence-corrected chi connectivity index (χ2v) is 7.08. The second-order valence-electron chi connectivity index (χ2n) is 7.08. The number of rotatable bonds is 6. The lowest BCUT2D eigenvalue weighted by atomic mass is 10.1. The van der Waals surface area contributed by atoms with E-state index in [4.69, 9.17) is 0 Å². The van der Waals surface area contributed by atoms with E-state index in [1.54, 1.807) is 18.5 Å². The Labute approximate surface area is 163 Å². The van der Waals surface area contributed by atoms with Crippen LogP contribution in [0.4, 0.5) is 0 Å². The molecular formula is C22H23N5O. The van der Waals surface area contributed by atoms with E-state index in [1.807, 2.05) is 12.1 Å². The lowest BCUT2D eigenvalue weighted by Gasteiger charge is -2.08. The van der Waals surface area contributed by atoms with E-state index < -0.39 is 0 Å². The molecule has 6 nitrogen and oxygen atoms in total. The van der Waals surface area contributed by atoms with E-state index in [2.05, 4.69) is 69.4 Å². The summed E-state index contributed by atoms with van der Waals surface area (Å²) in [6.45, 7) is 4.92. The van der Waals surface area contributed by atoms with Gasteiger partial charge in [0.05, 0.1) is 5.69 Å². The summed E-state index contributed by atoms with van der Waals surface area (Å²) >= 11 is 0. The van der Waals surface area contributed by atoms with Gasteiger partial charge in [-0.1, -0.05) is 18.2 Å². The first-order chi connectivity index (χ1) is 13.6. The van der Waals surface area contributed by atoms with Crippen molar-refractivity contribution in [3.63, 3.8) is 0 Å². The van der Waals surface area contributed by atoms with Crippen LogP contribution in [0.3, 0.4) is 0 Å². The van der Waals surface area contributed by atoms with Gasteiger partial charge in [-0.05, 0) is 50.1 Å². The van der Waals surface area contributed by atoms with Crippen molar-refractivity contribution in [2.24, 2.45) is 0 Å². The Morgan fingerprint density at radius 1 is 1.18 bits per heavy atom. The minimum Gasteiger partial charge on any atom is -0.350 e. The first kappa shape index (κ1) is 18.0. The number of para-hydroxylation sites is 1. The zero-order valence-electron chi connectivity index (χ0n) is 16.0. The van der Waals surface area contributed by atoms with Gasteiger partial charge >= 0.3 is 0 Å². The van der Waals surface area contributed by atoms with Crippen LogP contribution in [0.2, 0.25) is 0 Å². The van der Waals surface area contributed by atoms with E-state index in [-0.39, 0.29) is 5.91 Å². The van der Waals surface area contributed by atoms with Crippen LogP contribution < -0.4 is 5.32 Å². The fourth-order valence-corrected chi connectivity index (χ4v) is 3.42. The standard InChI is InChI=1S/C22H23N5O/c1-15(2)27-14-17(18-5-3-4-6-21(18)27)9-12-24-22(28)20-13-19(25-26-20)16-7-10-23-11-8-16/h3-8,10-11,13-15H,9,12H2,1-2H3,(H,24,28)(H,25,26). The van der Waals surface area contributed by atoms with Crippen LogP contribution in [0.1, 0.15) is 35.9 Å². The fraction of sp³-hybridized carbons (Fsp3) is 0.227. The number of hydrogen-bond donors (Lipinski definition) is 2. The van der Waals surface area contributed by atoms with Gasteiger partial charge in [-0.2, -0.15) is 5.10 Å². The van der Waals surface area contributed by atoms with Crippen molar-refractivity contribution in [2.45, 2.75) is 26.3 Å². The van der Waals surface area contributed by atoms with Crippen LogP contribution in [-0.4, -0.2) is 32.2 Å². The molecule has 1 amide bonds. The average molecular weight is 373 g/mol. The normalized spacial score (nSPS) is 11.2. The van der Waals surface area contributed by atoms with Crippen LogP contribution in [0, 0.1) is 0 Å². The van der Waals surface area contributed by atoms with Crippen molar-refractivity contribution < 1.29 is 4.79 Å². The third kappa shape index (κ3) is 3.53. The Kier molecular flexibility index (Phi) is 4.93. The smallest absolute Gasteiger partial charge is 0.269 e. The molecule has 28 heavy (non-hydrogen) atoms. The largest absolute Gasteiger partial charge is 0.350 e. The molecule has 2 N–H and O–H groups in total. The molecule has 0 unspecified atom stereocenters. The first-order valence-corrected chi connectivity index (χ1v) is 9.46. The van der Waals surface area contributed by atoms with Crippen LogP contribution in [0.25, 0.3) is 22.2 Å². The molecule has 0 spiro atoms. The Morgan fingerprint density at radius 3 is 2.75 bits per heavy atom. The highest BCUT2D eigenvalue weighted by molar-refractivity contribution is 5.93. The molecule has 0 aliphatic rings. The molecule has 0 saturated heterocycles. The van der Waals surface area contributed by atoms with E-state index in [9.17, 15) is 4.79 Å². The van der Waals surface area contributed by atoms with E-state index >= 15 is 0 Å². The maximum absolute atomic E-state index is 12.5. The summed E-state index contributed by atoms with van der Waals surface area (Å²) < 4.78 is 2.28. The molecule has 0 bridgehead atoms. The number of H-pyrrole nitrogens is 1. The zero-order valence-corrected chi connectivity index (χ0v) is 16.0. The molecule has 4 rings (SSSR count). The number of hydrogen-bond acceptors (Lipinski definition) is 3. The molecule has 0 saturated carbocycles. The van der Waals surface area contributed by atoms with E-state index in [0.29, 0.717) is 18.3 Å². The number of aromatic amines is 1. The lowest BCUT2D eigenvalue weighted by Crippen LogP contribution is -2.26. The summed E-state index contributed by atoms with van der Waals surface area (Å²) in [5.41, 5.74) is 4.58. The molecular weight excluding hydrogens is 350 g/mol. The molecule has 0 radical (unpaired) electrons. The number of benzene rings is 1. The Morgan fingerprint density at radius 2 is 1.96 bits per heavy atom. The van der Waals surface area contributed by atoms with Gasteiger partial charge < -0.3 is 9.88 Å².